The number of aliphatic hydroxyl groups excluding tert-OH is 4. The van der Waals surface area contributed by atoms with Crippen molar-refractivity contribution in [2.75, 3.05) is 32.0 Å². The molecule has 252 valence electrons. The van der Waals surface area contributed by atoms with Crippen LogP contribution >= 0.6 is 15.6 Å². The number of primary amides is 1. The molecule has 11 atom stereocenters. The van der Waals surface area contributed by atoms with Crippen LogP contribution in [0.2, 0.25) is 0 Å². The quantitative estimate of drug-likeness (QED) is 0.101. The minimum absolute atomic E-state index is 0.155. The zero-order valence-electron chi connectivity index (χ0n) is 23.1. The summed E-state index contributed by atoms with van der Waals surface area (Å²) in [4.78, 5) is 51.3. The average molecular weight is 686 g/mol. The van der Waals surface area contributed by atoms with Crippen LogP contribution in [-0.2, 0) is 36.8 Å². The van der Waals surface area contributed by atoms with Gasteiger partial charge in [-0.2, -0.15) is 14.0 Å². The molecule has 0 aromatic carbocycles. The second kappa shape index (κ2) is 13.0. The molecule has 0 spiro atoms. The van der Waals surface area contributed by atoms with Gasteiger partial charge in [-0.05, 0) is 12.8 Å². The number of nitrogens with one attached hydrogen (secondary N) is 1. The molecular formula is C20H32N8O15P2. The summed E-state index contributed by atoms with van der Waals surface area (Å²) >= 11 is 0. The number of fused-ring (bicyclic) bond motifs is 1. The number of carbonyl (C=O) groups is 1. The van der Waals surface area contributed by atoms with Crippen LogP contribution in [0.5, 0.6) is 0 Å². The number of amides is 1. The molecule has 25 heteroatoms. The van der Waals surface area contributed by atoms with E-state index in [1.807, 2.05) is 0 Å². The van der Waals surface area contributed by atoms with E-state index in [9.17, 15) is 48.9 Å². The van der Waals surface area contributed by atoms with Crippen molar-refractivity contribution in [2.45, 2.75) is 61.9 Å². The minimum Gasteiger partial charge on any atom is -0.387 e. The Kier molecular flexibility index (Phi) is 9.76. The third-order valence-corrected chi connectivity index (χ3v) is 10.1. The van der Waals surface area contributed by atoms with Gasteiger partial charge in [-0.3, -0.25) is 28.5 Å². The van der Waals surface area contributed by atoms with Crippen LogP contribution in [0.1, 0.15) is 19.1 Å². The SMILES string of the molecule is NC(=O)C1CCCN(C2OC(COP(=O)(O)OP(=O)(O)OCC3OC(n4nnc5c(=O)[nH]c(N)nc54)C(O)C3O)C(O)C2O)C1. The van der Waals surface area contributed by atoms with Gasteiger partial charge >= 0.3 is 15.6 Å². The normalized spacial score (nSPS) is 35.4. The van der Waals surface area contributed by atoms with Crippen molar-refractivity contribution in [1.29, 1.82) is 0 Å². The molecule has 5 heterocycles. The second-order valence-corrected chi connectivity index (χ2v) is 13.6. The van der Waals surface area contributed by atoms with Crippen LogP contribution in [0.25, 0.3) is 11.2 Å². The van der Waals surface area contributed by atoms with Crippen LogP contribution in [0.4, 0.5) is 5.95 Å². The second-order valence-electron chi connectivity index (χ2n) is 10.6. The van der Waals surface area contributed by atoms with Crippen LogP contribution in [0.15, 0.2) is 4.79 Å². The van der Waals surface area contributed by atoms with Gasteiger partial charge in [0.15, 0.2) is 17.4 Å². The van der Waals surface area contributed by atoms with Crippen molar-refractivity contribution < 1.29 is 67.0 Å². The number of phosphoric ester groups is 2. The summed E-state index contributed by atoms with van der Waals surface area (Å²) in [5, 5.41) is 49.0. The molecule has 0 radical (unpaired) electrons. The van der Waals surface area contributed by atoms with Gasteiger partial charge in [0.2, 0.25) is 11.9 Å². The van der Waals surface area contributed by atoms with E-state index in [-0.39, 0.29) is 23.7 Å². The summed E-state index contributed by atoms with van der Waals surface area (Å²) in [5.41, 5.74) is 9.69. The van der Waals surface area contributed by atoms with Crippen molar-refractivity contribution in [3.05, 3.63) is 10.4 Å². The number of rotatable bonds is 11. The van der Waals surface area contributed by atoms with Crippen molar-refractivity contribution in [3.63, 3.8) is 0 Å². The van der Waals surface area contributed by atoms with Gasteiger partial charge in [0.1, 0.15) is 42.9 Å². The Morgan fingerprint density at radius 1 is 1.00 bits per heavy atom. The Hall–Kier alpha value is -2.47. The lowest BCUT2D eigenvalue weighted by molar-refractivity contribution is -0.131. The fourth-order valence-electron chi connectivity index (χ4n) is 5.25. The van der Waals surface area contributed by atoms with Gasteiger partial charge in [0, 0.05) is 13.1 Å². The number of ether oxygens (including phenoxy) is 2. The number of aromatic amines is 1. The van der Waals surface area contributed by atoms with Gasteiger partial charge in [-0.25, -0.2) is 9.13 Å². The standard InChI is InChI=1S/C20H32N8O15P2/c21-15(33)7-2-1-3-27(4-7)18-13(31)11(29)8(41-18)5-39-44(35,36)43-45(37,38)40-6-9-12(30)14(32)19(42-9)28-16-10(25-26-28)17(34)24-20(22)23-16/h7-9,11-14,18-19,29-32H,1-6H2,(H2,21,33)(H,35,36)(H,37,38)(H3,22,23,24,34). The fraction of sp³-hybridized carbons (Fsp3) is 0.750. The van der Waals surface area contributed by atoms with Crippen LogP contribution in [0.3, 0.4) is 0 Å². The number of hydrogen-bond donors (Lipinski definition) is 9. The maximum absolute atomic E-state index is 12.4. The van der Waals surface area contributed by atoms with Crippen molar-refractivity contribution in [2.24, 2.45) is 11.7 Å². The van der Waals surface area contributed by atoms with E-state index in [1.54, 1.807) is 4.90 Å². The van der Waals surface area contributed by atoms with E-state index >= 15 is 0 Å². The molecule has 23 nitrogen and oxygen atoms in total. The number of anilines is 1. The molecule has 3 aliphatic heterocycles. The Morgan fingerprint density at radius 2 is 1.58 bits per heavy atom. The number of nitrogens with zero attached hydrogens (tertiary/aromatic N) is 5. The molecular weight excluding hydrogens is 654 g/mol. The van der Waals surface area contributed by atoms with Crippen LogP contribution < -0.4 is 17.0 Å². The molecule has 2 aromatic rings. The molecule has 3 saturated heterocycles. The minimum atomic E-state index is -5.41. The number of carbonyl (C=O) groups excluding carboxylic acids is 1. The highest BCUT2D eigenvalue weighted by Gasteiger charge is 2.49. The highest BCUT2D eigenvalue weighted by molar-refractivity contribution is 7.61. The lowest BCUT2D eigenvalue weighted by Gasteiger charge is -2.36. The predicted molar refractivity (Wildman–Crippen MR) is 143 cm³/mol. The molecule has 45 heavy (non-hydrogen) atoms. The van der Waals surface area contributed by atoms with E-state index in [0.717, 1.165) is 4.68 Å². The predicted octanol–water partition coefficient (Wildman–Crippen LogP) is -4.39. The lowest BCUT2D eigenvalue weighted by atomic mass is 9.96. The van der Waals surface area contributed by atoms with Crippen molar-refractivity contribution in [1.82, 2.24) is 29.9 Å². The first-order valence-corrected chi connectivity index (χ1v) is 16.4. The van der Waals surface area contributed by atoms with Crippen LogP contribution in [-0.4, -0.2) is 135 Å². The average Bonchev–Trinajstić information content (AvgIpc) is 3.60. The molecule has 3 aliphatic rings. The summed E-state index contributed by atoms with van der Waals surface area (Å²) < 4.78 is 50.4. The summed E-state index contributed by atoms with van der Waals surface area (Å²) in [7, 11) is -10.8. The maximum atomic E-state index is 12.4. The number of hydrogen-bond acceptors (Lipinski definition) is 18. The first-order valence-electron chi connectivity index (χ1n) is 13.4. The number of likely N-dealkylation sites (tertiary alicyclic amines) is 1. The number of nitrogen functional groups attached to an aromatic ring is 1. The van der Waals surface area contributed by atoms with E-state index in [2.05, 4.69) is 29.1 Å². The summed E-state index contributed by atoms with van der Waals surface area (Å²) in [6.07, 6.45) is -11.0. The first kappa shape index (κ1) is 33.9. The Morgan fingerprint density at radius 3 is 2.18 bits per heavy atom. The molecule has 5 rings (SSSR count). The van der Waals surface area contributed by atoms with E-state index in [0.29, 0.717) is 19.4 Å². The molecule has 11 N–H and O–H groups in total. The highest BCUT2D eigenvalue weighted by atomic mass is 31.3. The maximum Gasteiger partial charge on any atom is 0.481 e. The monoisotopic (exact) mass is 686 g/mol. The van der Waals surface area contributed by atoms with Crippen molar-refractivity contribution >= 4 is 38.7 Å². The highest BCUT2D eigenvalue weighted by Crippen LogP contribution is 2.60. The molecule has 0 saturated carbocycles. The Bertz CT molecular complexity index is 1560. The molecule has 3 fully saturated rings. The topological polar surface area (TPSA) is 350 Å². The summed E-state index contributed by atoms with van der Waals surface area (Å²) in [6.45, 7) is -1.27. The zero-order chi connectivity index (χ0) is 32.8. The van der Waals surface area contributed by atoms with E-state index in [1.165, 1.54) is 0 Å². The molecule has 0 aliphatic carbocycles. The Labute approximate surface area is 251 Å². The van der Waals surface area contributed by atoms with E-state index < -0.39 is 95.3 Å². The summed E-state index contributed by atoms with van der Waals surface area (Å²) in [5.74, 6) is -1.33. The number of aromatic nitrogens is 5. The van der Waals surface area contributed by atoms with Gasteiger partial charge in [-0.1, -0.05) is 5.21 Å². The molecule has 0 bridgehead atoms. The lowest BCUT2D eigenvalue weighted by Crippen LogP contribution is -2.50. The molecule has 2 aromatic heterocycles. The smallest absolute Gasteiger partial charge is 0.387 e. The third-order valence-electron chi connectivity index (χ3n) is 7.49. The number of nitrogens with two attached hydrogens (primary N) is 2. The largest absolute Gasteiger partial charge is 0.481 e. The third kappa shape index (κ3) is 7.26. The van der Waals surface area contributed by atoms with Crippen LogP contribution in [0, 0.1) is 5.92 Å². The van der Waals surface area contributed by atoms with Gasteiger partial charge in [-0.15, -0.1) is 5.10 Å². The van der Waals surface area contributed by atoms with Gasteiger partial charge in [0.25, 0.3) is 5.56 Å². The molecule has 1 amide bonds. The van der Waals surface area contributed by atoms with Gasteiger partial charge in [0.05, 0.1) is 19.1 Å². The number of phosphoric acid groups is 2. The Balaban J connectivity index is 1.14. The fourth-order valence-corrected chi connectivity index (χ4v) is 7.34. The number of aliphatic hydroxyl groups is 4. The zero-order valence-corrected chi connectivity index (χ0v) is 24.9. The van der Waals surface area contributed by atoms with E-state index in [4.69, 9.17) is 25.5 Å². The first-order chi connectivity index (χ1) is 21.1. The van der Waals surface area contributed by atoms with Gasteiger partial charge < -0.3 is 51.2 Å². The van der Waals surface area contributed by atoms with Crippen molar-refractivity contribution in [3.8, 4) is 0 Å². The molecule has 11 unspecified atom stereocenters. The number of H-pyrrole nitrogens is 1. The summed E-state index contributed by atoms with van der Waals surface area (Å²) in [6, 6.07) is 0. The number of piperidine rings is 1.